The van der Waals surface area contributed by atoms with Gasteiger partial charge in [0.1, 0.15) is 16.5 Å². The van der Waals surface area contributed by atoms with Crippen LogP contribution in [0.15, 0.2) is 22.8 Å². The molecule has 7 heteroatoms. The monoisotopic (exact) mass is 242 g/mol. The van der Waals surface area contributed by atoms with E-state index in [1.54, 1.807) is 18.0 Å². The lowest BCUT2D eigenvalue weighted by atomic mass is 10.5. The molecule has 0 fully saturated rings. The van der Waals surface area contributed by atoms with Gasteiger partial charge < -0.3 is 9.84 Å². The average Bonchev–Trinajstić information content (AvgIpc) is 2.88. The molecule has 0 atom stereocenters. The number of aromatic nitrogens is 2. The fourth-order valence-electron chi connectivity index (χ4n) is 1.06. The number of thioether (sulfide) groups is 1. The molecule has 15 heavy (non-hydrogen) atoms. The van der Waals surface area contributed by atoms with Crippen molar-refractivity contribution < 1.29 is 4.42 Å². The number of anilines is 1. The number of nitrogens with zero attached hydrogens (tertiary/aromatic N) is 2. The zero-order chi connectivity index (χ0) is 10.5. The summed E-state index contributed by atoms with van der Waals surface area (Å²) in [4.78, 5) is 0. The van der Waals surface area contributed by atoms with Crippen LogP contribution < -0.4 is 11.3 Å². The summed E-state index contributed by atoms with van der Waals surface area (Å²) in [6.45, 7) is 0. The summed E-state index contributed by atoms with van der Waals surface area (Å²) in [5.74, 6) is 7.88. The van der Waals surface area contributed by atoms with Crippen LogP contribution in [0.4, 0.5) is 5.00 Å². The first kappa shape index (κ1) is 10.5. The molecule has 2 heterocycles. The van der Waals surface area contributed by atoms with E-state index in [0.29, 0.717) is 0 Å². The standard InChI is InChI=1S/C8H10N4OS2/c9-10-8-7(11-12-15-8)5-14-4-6-2-1-3-13-6/h1-3,10H,4-5,9H2. The van der Waals surface area contributed by atoms with Crippen molar-refractivity contribution in [2.24, 2.45) is 5.84 Å². The van der Waals surface area contributed by atoms with E-state index in [9.17, 15) is 0 Å². The van der Waals surface area contributed by atoms with Crippen molar-refractivity contribution in [2.75, 3.05) is 5.43 Å². The molecular weight excluding hydrogens is 232 g/mol. The first-order valence-electron chi connectivity index (χ1n) is 4.28. The van der Waals surface area contributed by atoms with Crippen molar-refractivity contribution >= 4 is 28.3 Å². The topological polar surface area (TPSA) is 77.0 Å². The number of nitrogens with one attached hydrogen (secondary N) is 1. The molecule has 0 aromatic carbocycles. The Kier molecular flexibility index (Phi) is 3.59. The minimum absolute atomic E-state index is 0.775. The molecule has 0 spiro atoms. The average molecular weight is 242 g/mol. The molecule has 2 aromatic rings. The van der Waals surface area contributed by atoms with Crippen LogP contribution >= 0.6 is 23.3 Å². The Morgan fingerprint density at radius 1 is 1.53 bits per heavy atom. The number of hydrazine groups is 1. The summed E-state index contributed by atoms with van der Waals surface area (Å²) in [6, 6.07) is 3.83. The highest BCUT2D eigenvalue weighted by Crippen LogP contribution is 2.23. The first-order valence-corrected chi connectivity index (χ1v) is 6.21. The normalized spacial score (nSPS) is 10.5. The fraction of sp³-hybridized carbons (Fsp3) is 0.250. The van der Waals surface area contributed by atoms with Gasteiger partial charge in [-0.1, -0.05) is 4.49 Å². The fourth-order valence-corrected chi connectivity index (χ4v) is 2.50. The van der Waals surface area contributed by atoms with Gasteiger partial charge in [0, 0.05) is 17.3 Å². The largest absolute Gasteiger partial charge is 0.468 e. The summed E-state index contributed by atoms with van der Waals surface area (Å²) < 4.78 is 9.04. The van der Waals surface area contributed by atoms with Crippen LogP contribution in [0.2, 0.25) is 0 Å². The Morgan fingerprint density at radius 2 is 2.47 bits per heavy atom. The van der Waals surface area contributed by atoms with E-state index in [2.05, 4.69) is 15.0 Å². The zero-order valence-corrected chi connectivity index (χ0v) is 9.48. The second-order valence-corrected chi connectivity index (χ2v) is 4.50. The molecule has 0 aliphatic heterocycles. The molecule has 3 N–H and O–H groups in total. The lowest BCUT2D eigenvalue weighted by Gasteiger charge is -1.98. The Morgan fingerprint density at radius 3 is 3.20 bits per heavy atom. The number of nitrogen functional groups attached to an aromatic ring is 1. The Balaban J connectivity index is 1.83. The van der Waals surface area contributed by atoms with Crippen LogP contribution in [0, 0.1) is 0 Å². The number of furan rings is 1. The van der Waals surface area contributed by atoms with Gasteiger partial charge in [0.25, 0.3) is 0 Å². The maximum absolute atomic E-state index is 5.31. The van der Waals surface area contributed by atoms with Crippen molar-refractivity contribution in [1.82, 2.24) is 9.59 Å². The number of rotatable bonds is 5. The van der Waals surface area contributed by atoms with Gasteiger partial charge >= 0.3 is 0 Å². The molecular formula is C8H10N4OS2. The van der Waals surface area contributed by atoms with Crippen molar-refractivity contribution in [2.45, 2.75) is 11.5 Å². The molecule has 0 saturated carbocycles. The molecule has 80 valence electrons. The molecule has 2 rings (SSSR count). The number of nitrogens with two attached hydrogens (primary N) is 1. The van der Waals surface area contributed by atoms with Gasteiger partial charge in [0.2, 0.25) is 0 Å². The molecule has 5 nitrogen and oxygen atoms in total. The van der Waals surface area contributed by atoms with E-state index in [4.69, 9.17) is 10.3 Å². The Labute approximate surface area is 95.2 Å². The van der Waals surface area contributed by atoms with Crippen molar-refractivity contribution in [3.8, 4) is 0 Å². The molecule has 0 amide bonds. The van der Waals surface area contributed by atoms with E-state index in [1.807, 2.05) is 12.1 Å². The Hall–Kier alpha value is -1.05. The zero-order valence-electron chi connectivity index (χ0n) is 7.84. The predicted octanol–water partition coefficient (Wildman–Crippen LogP) is 1.85. The van der Waals surface area contributed by atoms with Gasteiger partial charge in [-0.15, -0.1) is 16.9 Å². The number of hydrogen-bond donors (Lipinski definition) is 2. The highest BCUT2D eigenvalue weighted by Gasteiger charge is 2.06. The molecule has 0 aliphatic rings. The van der Waals surface area contributed by atoms with Crippen molar-refractivity contribution in [3.05, 3.63) is 29.9 Å². The SMILES string of the molecule is NNc1snnc1CSCc1ccco1. The molecule has 0 saturated heterocycles. The second-order valence-electron chi connectivity index (χ2n) is 2.77. The predicted molar refractivity (Wildman–Crippen MR) is 61.4 cm³/mol. The highest BCUT2D eigenvalue weighted by molar-refractivity contribution is 7.97. The number of hydrogen-bond acceptors (Lipinski definition) is 7. The van der Waals surface area contributed by atoms with Crippen LogP contribution in [0.1, 0.15) is 11.5 Å². The van der Waals surface area contributed by atoms with E-state index < -0.39 is 0 Å². The minimum Gasteiger partial charge on any atom is -0.468 e. The van der Waals surface area contributed by atoms with Crippen LogP contribution in [-0.4, -0.2) is 9.59 Å². The van der Waals surface area contributed by atoms with Crippen molar-refractivity contribution in [1.29, 1.82) is 0 Å². The molecule has 0 radical (unpaired) electrons. The van der Waals surface area contributed by atoms with Crippen LogP contribution in [0.3, 0.4) is 0 Å². The van der Waals surface area contributed by atoms with E-state index in [0.717, 1.165) is 28.0 Å². The first-order chi connectivity index (χ1) is 7.40. The second kappa shape index (κ2) is 5.15. The summed E-state index contributed by atoms with van der Waals surface area (Å²) in [5, 5.41) is 4.80. The van der Waals surface area contributed by atoms with E-state index >= 15 is 0 Å². The molecule has 0 bridgehead atoms. The van der Waals surface area contributed by atoms with Gasteiger partial charge in [-0.3, -0.25) is 0 Å². The molecule has 0 unspecified atom stereocenters. The third kappa shape index (κ3) is 2.71. The lowest BCUT2D eigenvalue weighted by Crippen LogP contribution is -2.06. The van der Waals surface area contributed by atoms with Gasteiger partial charge in [-0.05, 0) is 12.1 Å². The third-order valence-electron chi connectivity index (χ3n) is 1.75. The minimum atomic E-state index is 0.775. The summed E-state index contributed by atoms with van der Waals surface area (Å²) in [5.41, 5.74) is 3.46. The van der Waals surface area contributed by atoms with E-state index in [1.165, 1.54) is 11.5 Å². The van der Waals surface area contributed by atoms with Crippen LogP contribution in [0.5, 0.6) is 0 Å². The third-order valence-corrected chi connectivity index (χ3v) is 3.42. The maximum atomic E-state index is 5.31. The quantitative estimate of drug-likeness (QED) is 0.615. The maximum Gasteiger partial charge on any atom is 0.148 e. The summed E-state index contributed by atoms with van der Waals surface area (Å²) in [6.07, 6.45) is 1.67. The van der Waals surface area contributed by atoms with Gasteiger partial charge in [0.05, 0.1) is 12.0 Å². The highest BCUT2D eigenvalue weighted by atomic mass is 32.2. The summed E-state index contributed by atoms with van der Waals surface area (Å²) >= 11 is 2.98. The molecule has 2 aromatic heterocycles. The van der Waals surface area contributed by atoms with Crippen LogP contribution in [-0.2, 0) is 11.5 Å². The summed E-state index contributed by atoms with van der Waals surface area (Å²) in [7, 11) is 0. The smallest absolute Gasteiger partial charge is 0.148 e. The van der Waals surface area contributed by atoms with Gasteiger partial charge in [-0.2, -0.15) is 0 Å². The Bertz CT molecular complexity index is 400. The van der Waals surface area contributed by atoms with Crippen LogP contribution in [0.25, 0.3) is 0 Å². The lowest BCUT2D eigenvalue weighted by molar-refractivity contribution is 0.530. The molecule has 0 aliphatic carbocycles. The van der Waals surface area contributed by atoms with E-state index in [-0.39, 0.29) is 0 Å². The van der Waals surface area contributed by atoms with Crippen molar-refractivity contribution in [3.63, 3.8) is 0 Å². The van der Waals surface area contributed by atoms with Gasteiger partial charge in [-0.25, -0.2) is 5.84 Å². The van der Waals surface area contributed by atoms with Gasteiger partial charge in [0.15, 0.2) is 0 Å².